The molecule has 0 radical (unpaired) electrons. The second kappa shape index (κ2) is 10.4. The number of aliphatic imine (C=N–C) groups is 1. The van der Waals surface area contributed by atoms with E-state index in [1.165, 1.54) is 51.6 Å². The Balaban J connectivity index is 1.82. The smallest absolute Gasteiger partial charge is 0.191 e. The van der Waals surface area contributed by atoms with Crippen LogP contribution in [0.4, 0.5) is 0 Å². The van der Waals surface area contributed by atoms with E-state index in [0.29, 0.717) is 17.4 Å². The zero-order chi connectivity index (χ0) is 18.1. The highest BCUT2D eigenvalue weighted by atomic mass is 16.5. The van der Waals surface area contributed by atoms with Crippen molar-refractivity contribution in [2.24, 2.45) is 16.3 Å². The molecule has 2 fully saturated rings. The predicted molar refractivity (Wildman–Crippen MR) is 106 cm³/mol. The molecule has 2 rings (SSSR count). The lowest BCUT2D eigenvalue weighted by atomic mass is 9.83. The highest BCUT2D eigenvalue weighted by Crippen LogP contribution is 2.40. The molecule has 0 bridgehead atoms. The third kappa shape index (κ3) is 6.14. The van der Waals surface area contributed by atoms with Crippen molar-refractivity contribution in [3.05, 3.63) is 0 Å². The molecule has 146 valence electrons. The molecule has 0 aromatic carbocycles. The third-order valence-corrected chi connectivity index (χ3v) is 6.21. The van der Waals surface area contributed by atoms with Crippen LogP contribution in [0.1, 0.15) is 58.8 Å². The Morgan fingerprint density at radius 3 is 2.36 bits per heavy atom. The van der Waals surface area contributed by atoms with E-state index in [0.717, 1.165) is 32.1 Å². The minimum atomic E-state index is 0.389. The van der Waals surface area contributed by atoms with Gasteiger partial charge in [0.2, 0.25) is 0 Å². The summed E-state index contributed by atoms with van der Waals surface area (Å²) in [6.07, 6.45) is 9.15. The summed E-state index contributed by atoms with van der Waals surface area (Å²) in [7, 11) is 3.69. The van der Waals surface area contributed by atoms with Gasteiger partial charge in [-0.05, 0) is 56.5 Å². The fourth-order valence-corrected chi connectivity index (χ4v) is 4.51. The third-order valence-electron chi connectivity index (χ3n) is 6.21. The van der Waals surface area contributed by atoms with E-state index in [1.807, 2.05) is 7.05 Å². The van der Waals surface area contributed by atoms with E-state index in [2.05, 4.69) is 34.4 Å². The molecular formula is C20H40N4O. The summed E-state index contributed by atoms with van der Waals surface area (Å²) in [5, 5.41) is 7.20. The van der Waals surface area contributed by atoms with Crippen LogP contribution < -0.4 is 10.6 Å². The second-order valence-corrected chi connectivity index (χ2v) is 8.31. The predicted octanol–water partition coefficient (Wildman–Crippen LogP) is 2.87. The van der Waals surface area contributed by atoms with Crippen molar-refractivity contribution >= 4 is 5.96 Å². The standard InChI is InChI=1S/C20H40N4O/c1-17(2)18(24-12-7-8-13-24)15-22-19(21-3)23-16-20(11-14-25-4)9-5-6-10-20/h17-18H,5-16H2,1-4H3,(H2,21,22,23). The molecular weight excluding hydrogens is 312 g/mol. The zero-order valence-corrected chi connectivity index (χ0v) is 16.9. The number of hydrogen-bond acceptors (Lipinski definition) is 3. The maximum atomic E-state index is 5.35. The normalized spacial score (nSPS) is 22.5. The first-order valence-electron chi connectivity index (χ1n) is 10.3. The number of ether oxygens (including phenoxy) is 1. The van der Waals surface area contributed by atoms with Crippen LogP contribution in [0.25, 0.3) is 0 Å². The topological polar surface area (TPSA) is 48.9 Å². The van der Waals surface area contributed by atoms with Crippen molar-refractivity contribution in [1.82, 2.24) is 15.5 Å². The number of likely N-dealkylation sites (tertiary alicyclic amines) is 1. The number of methoxy groups -OCH3 is 1. The molecule has 25 heavy (non-hydrogen) atoms. The summed E-state index contributed by atoms with van der Waals surface area (Å²) < 4.78 is 5.35. The van der Waals surface area contributed by atoms with Crippen LogP contribution in [0.15, 0.2) is 4.99 Å². The molecule has 5 heteroatoms. The minimum Gasteiger partial charge on any atom is -0.385 e. The van der Waals surface area contributed by atoms with Gasteiger partial charge in [-0.1, -0.05) is 26.7 Å². The molecule has 0 aromatic rings. The Bertz CT molecular complexity index is 399. The molecule has 0 amide bonds. The first-order valence-corrected chi connectivity index (χ1v) is 10.3. The number of guanidine groups is 1. The van der Waals surface area contributed by atoms with Gasteiger partial charge in [-0.15, -0.1) is 0 Å². The molecule has 5 nitrogen and oxygen atoms in total. The van der Waals surface area contributed by atoms with E-state index >= 15 is 0 Å². The Labute approximate surface area is 155 Å². The molecule has 0 aromatic heterocycles. The van der Waals surface area contributed by atoms with Crippen molar-refractivity contribution in [3.8, 4) is 0 Å². The number of nitrogens with one attached hydrogen (secondary N) is 2. The van der Waals surface area contributed by atoms with Gasteiger partial charge in [0.25, 0.3) is 0 Å². The quantitative estimate of drug-likeness (QED) is 0.495. The Hall–Kier alpha value is -0.810. The van der Waals surface area contributed by atoms with E-state index < -0.39 is 0 Å². The van der Waals surface area contributed by atoms with Crippen LogP contribution in [-0.4, -0.2) is 63.8 Å². The van der Waals surface area contributed by atoms with E-state index in [1.54, 1.807) is 7.11 Å². The van der Waals surface area contributed by atoms with Gasteiger partial charge in [-0.3, -0.25) is 9.89 Å². The van der Waals surface area contributed by atoms with Crippen LogP contribution in [0.2, 0.25) is 0 Å². The number of rotatable bonds is 9. The van der Waals surface area contributed by atoms with Crippen molar-refractivity contribution in [2.45, 2.75) is 64.8 Å². The molecule has 1 atom stereocenters. The molecule has 0 spiro atoms. The minimum absolute atomic E-state index is 0.389. The summed E-state index contributed by atoms with van der Waals surface area (Å²) in [5.74, 6) is 1.61. The molecule has 2 aliphatic rings. The summed E-state index contributed by atoms with van der Waals surface area (Å²) in [5.41, 5.74) is 0.389. The van der Waals surface area contributed by atoms with Crippen molar-refractivity contribution in [3.63, 3.8) is 0 Å². The van der Waals surface area contributed by atoms with Crippen molar-refractivity contribution in [1.29, 1.82) is 0 Å². The monoisotopic (exact) mass is 352 g/mol. The molecule has 1 saturated heterocycles. The van der Waals surface area contributed by atoms with Gasteiger partial charge in [0.05, 0.1) is 0 Å². The van der Waals surface area contributed by atoms with E-state index in [4.69, 9.17) is 4.74 Å². The number of nitrogens with zero attached hydrogens (tertiary/aromatic N) is 2. The van der Waals surface area contributed by atoms with Gasteiger partial charge in [-0.2, -0.15) is 0 Å². The van der Waals surface area contributed by atoms with Gasteiger partial charge in [0.1, 0.15) is 0 Å². The molecule has 1 saturated carbocycles. The van der Waals surface area contributed by atoms with Gasteiger partial charge < -0.3 is 15.4 Å². The molecule has 1 heterocycles. The lowest BCUT2D eigenvalue weighted by Crippen LogP contribution is -2.50. The highest BCUT2D eigenvalue weighted by molar-refractivity contribution is 5.79. The lowest BCUT2D eigenvalue weighted by Gasteiger charge is -2.33. The SMILES string of the molecule is CN=C(NCC(C(C)C)N1CCCC1)NCC1(CCOC)CCCC1. The fraction of sp³-hybridized carbons (Fsp3) is 0.950. The van der Waals surface area contributed by atoms with Crippen LogP contribution in [0.5, 0.6) is 0 Å². The van der Waals surface area contributed by atoms with Gasteiger partial charge >= 0.3 is 0 Å². The molecule has 1 aliphatic heterocycles. The van der Waals surface area contributed by atoms with Crippen molar-refractivity contribution < 1.29 is 4.74 Å². The highest BCUT2D eigenvalue weighted by Gasteiger charge is 2.33. The molecule has 1 aliphatic carbocycles. The van der Waals surface area contributed by atoms with E-state index in [-0.39, 0.29) is 0 Å². The van der Waals surface area contributed by atoms with Gasteiger partial charge in [0.15, 0.2) is 5.96 Å². The van der Waals surface area contributed by atoms with E-state index in [9.17, 15) is 0 Å². The maximum absolute atomic E-state index is 5.35. The van der Waals surface area contributed by atoms with Crippen LogP contribution in [0, 0.1) is 11.3 Å². The maximum Gasteiger partial charge on any atom is 0.191 e. The lowest BCUT2D eigenvalue weighted by molar-refractivity contribution is 0.138. The largest absolute Gasteiger partial charge is 0.385 e. The zero-order valence-electron chi connectivity index (χ0n) is 16.9. The summed E-state index contributed by atoms with van der Waals surface area (Å²) >= 11 is 0. The van der Waals surface area contributed by atoms with Crippen LogP contribution in [-0.2, 0) is 4.74 Å². The average molecular weight is 353 g/mol. The van der Waals surface area contributed by atoms with Crippen LogP contribution >= 0.6 is 0 Å². The number of hydrogen-bond donors (Lipinski definition) is 2. The first-order chi connectivity index (χ1) is 12.1. The molecule has 1 unspecified atom stereocenters. The molecule has 2 N–H and O–H groups in total. The van der Waals surface area contributed by atoms with Crippen molar-refractivity contribution in [2.75, 3.05) is 46.9 Å². The first kappa shape index (κ1) is 20.5. The summed E-state index contributed by atoms with van der Waals surface area (Å²) in [6.45, 7) is 10.00. The Kier molecular flexibility index (Phi) is 8.50. The average Bonchev–Trinajstić information content (AvgIpc) is 3.28. The van der Waals surface area contributed by atoms with Gasteiger partial charge in [0, 0.05) is 39.9 Å². The summed E-state index contributed by atoms with van der Waals surface area (Å²) in [4.78, 5) is 7.10. The Morgan fingerprint density at radius 1 is 1.12 bits per heavy atom. The Morgan fingerprint density at radius 2 is 1.80 bits per heavy atom. The fourth-order valence-electron chi connectivity index (χ4n) is 4.51. The van der Waals surface area contributed by atoms with Crippen LogP contribution in [0.3, 0.4) is 0 Å². The van der Waals surface area contributed by atoms with Gasteiger partial charge in [-0.25, -0.2) is 0 Å². The second-order valence-electron chi connectivity index (χ2n) is 8.31. The summed E-state index contributed by atoms with van der Waals surface area (Å²) in [6, 6.07) is 0.593.